The van der Waals surface area contributed by atoms with Crippen molar-refractivity contribution in [1.29, 1.82) is 0 Å². The third kappa shape index (κ3) is 3.61. The zero-order valence-electron chi connectivity index (χ0n) is 14.4. The molecule has 2 N–H and O–H groups in total. The summed E-state index contributed by atoms with van der Waals surface area (Å²) in [6, 6.07) is 6.12. The highest BCUT2D eigenvalue weighted by atomic mass is 19.4. The van der Waals surface area contributed by atoms with E-state index in [1.807, 2.05) is 6.07 Å². The van der Waals surface area contributed by atoms with Crippen LogP contribution in [0.25, 0.3) is 0 Å². The van der Waals surface area contributed by atoms with Crippen molar-refractivity contribution >= 4 is 17.5 Å². The first-order chi connectivity index (χ1) is 12.5. The van der Waals surface area contributed by atoms with E-state index in [4.69, 9.17) is 0 Å². The predicted molar refractivity (Wildman–Crippen MR) is 94.7 cm³/mol. The average Bonchev–Trinajstić information content (AvgIpc) is 2.57. The van der Waals surface area contributed by atoms with Gasteiger partial charge in [0.1, 0.15) is 11.4 Å². The minimum Gasteiger partial charge on any atom is -0.367 e. The van der Waals surface area contributed by atoms with Gasteiger partial charge in [-0.3, -0.25) is 0 Å². The van der Waals surface area contributed by atoms with Gasteiger partial charge in [0.15, 0.2) is 0 Å². The topological polar surface area (TPSA) is 49.8 Å². The lowest BCUT2D eigenvalue weighted by Crippen LogP contribution is -2.29. The molecule has 4 rings (SSSR count). The number of alkyl halides is 3. The van der Waals surface area contributed by atoms with Crippen LogP contribution in [-0.4, -0.2) is 16.0 Å². The summed E-state index contributed by atoms with van der Waals surface area (Å²) in [5, 5.41) is 5.97. The first kappa shape index (κ1) is 17.1. The van der Waals surface area contributed by atoms with Gasteiger partial charge in [-0.15, -0.1) is 0 Å². The Balaban J connectivity index is 1.59. The van der Waals surface area contributed by atoms with Crippen LogP contribution < -0.4 is 10.6 Å². The van der Waals surface area contributed by atoms with Gasteiger partial charge < -0.3 is 10.6 Å². The molecule has 0 atom stereocenters. The van der Waals surface area contributed by atoms with Crippen LogP contribution in [0.1, 0.15) is 48.8 Å². The van der Waals surface area contributed by atoms with Crippen LogP contribution in [0.3, 0.4) is 0 Å². The Hall–Kier alpha value is -2.31. The van der Waals surface area contributed by atoms with Crippen LogP contribution in [0.5, 0.6) is 0 Å². The lowest BCUT2D eigenvalue weighted by Gasteiger charge is -2.28. The number of hydrogen-bond donors (Lipinski definition) is 2. The van der Waals surface area contributed by atoms with Crippen LogP contribution in [0.2, 0.25) is 0 Å². The fourth-order valence-corrected chi connectivity index (χ4v) is 3.45. The molecule has 0 aliphatic heterocycles. The second kappa shape index (κ2) is 6.78. The minimum atomic E-state index is -4.48. The highest BCUT2D eigenvalue weighted by Crippen LogP contribution is 2.36. The number of anilines is 3. The molecule has 1 aromatic carbocycles. The largest absolute Gasteiger partial charge is 0.421 e. The molecule has 4 nitrogen and oxygen atoms in total. The molecule has 2 aliphatic carbocycles. The van der Waals surface area contributed by atoms with Crippen molar-refractivity contribution < 1.29 is 13.2 Å². The van der Waals surface area contributed by atoms with E-state index >= 15 is 0 Å². The number of fused-ring (bicyclic) bond motifs is 1. The maximum absolute atomic E-state index is 13.2. The minimum absolute atomic E-state index is 0.0580. The summed E-state index contributed by atoms with van der Waals surface area (Å²) in [5.41, 5.74) is 2.63. The summed E-state index contributed by atoms with van der Waals surface area (Å²) < 4.78 is 39.7. The molecule has 138 valence electrons. The summed E-state index contributed by atoms with van der Waals surface area (Å²) in [6.45, 7) is 0. The Kier molecular flexibility index (Phi) is 4.46. The van der Waals surface area contributed by atoms with Gasteiger partial charge in [0.25, 0.3) is 0 Å². The maximum Gasteiger partial charge on any atom is 0.421 e. The number of aromatic nitrogens is 2. The number of nitrogens with one attached hydrogen (secondary N) is 2. The molecule has 1 aromatic heterocycles. The molecule has 0 bridgehead atoms. The summed E-state index contributed by atoms with van der Waals surface area (Å²) >= 11 is 0. The third-order valence-corrected chi connectivity index (χ3v) is 5.14. The van der Waals surface area contributed by atoms with Gasteiger partial charge in [-0.05, 0) is 68.2 Å². The van der Waals surface area contributed by atoms with E-state index in [0.29, 0.717) is 0 Å². The molecular weight excluding hydrogens is 341 g/mol. The Labute approximate surface area is 150 Å². The molecule has 0 saturated heterocycles. The standard InChI is InChI=1S/C19H21F3N4/c20-19(21,22)16-11-23-18(26-17(16)24-14-6-3-7-14)25-15-9-8-12-4-1-2-5-13(12)10-15/h8-11,14H,1-7H2,(H2,23,24,25,26). The Morgan fingerprint density at radius 3 is 2.46 bits per heavy atom. The Morgan fingerprint density at radius 1 is 1.00 bits per heavy atom. The lowest BCUT2D eigenvalue weighted by molar-refractivity contribution is -0.137. The summed E-state index contributed by atoms with van der Waals surface area (Å²) in [6.07, 6.45) is 3.65. The number of aryl methyl sites for hydroxylation is 2. The number of halogens is 3. The molecule has 1 saturated carbocycles. The molecule has 7 heteroatoms. The number of benzene rings is 1. The van der Waals surface area contributed by atoms with Crippen molar-refractivity contribution in [2.75, 3.05) is 10.6 Å². The molecule has 1 heterocycles. The molecule has 2 aliphatic rings. The third-order valence-electron chi connectivity index (χ3n) is 5.14. The van der Waals surface area contributed by atoms with E-state index in [9.17, 15) is 13.2 Å². The maximum atomic E-state index is 13.2. The van der Waals surface area contributed by atoms with E-state index in [1.54, 1.807) is 0 Å². The van der Waals surface area contributed by atoms with Crippen molar-refractivity contribution in [3.05, 3.63) is 41.1 Å². The molecule has 2 aromatic rings. The highest BCUT2D eigenvalue weighted by Gasteiger charge is 2.36. The molecular formula is C19H21F3N4. The van der Waals surface area contributed by atoms with Gasteiger partial charge in [0.2, 0.25) is 5.95 Å². The summed E-state index contributed by atoms with van der Waals surface area (Å²) in [5.74, 6) is 0.0354. The second-order valence-electron chi connectivity index (χ2n) is 7.04. The first-order valence-electron chi connectivity index (χ1n) is 9.08. The second-order valence-corrected chi connectivity index (χ2v) is 7.04. The van der Waals surface area contributed by atoms with Crippen molar-refractivity contribution in [3.8, 4) is 0 Å². The normalized spacial score (nSPS) is 17.3. The quantitative estimate of drug-likeness (QED) is 0.796. The van der Waals surface area contributed by atoms with Gasteiger partial charge in [0.05, 0.1) is 0 Å². The molecule has 1 fully saturated rings. The SMILES string of the molecule is FC(F)(F)c1cnc(Nc2ccc3c(c2)CCCC3)nc1NC1CCC1. The van der Waals surface area contributed by atoms with E-state index < -0.39 is 11.7 Å². The molecule has 0 radical (unpaired) electrons. The molecule has 0 unspecified atom stereocenters. The van der Waals surface area contributed by atoms with Crippen molar-refractivity contribution in [2.24, 2.45) is 0 Å². The summed E-state index contributed by atoms with van der Waals surface area (Å²) in [4.78, 5) is 8.00. The highest BCUT2D eigenvalue weighted by molar-refractivity contribution is 5.59. The Bertz CT molecular complexity index is 800. The lowest BCUT2D eigenvalue weighted by atomic mass is 9.91. The smallest absolute Gasteiger partial charge is 0.367 e. The first-order valence-corrected chi connectivity index (χ1v) is 9.08. The van der Waals surface area contributed by atoms with Crippen LogP contribution in [-0.2, 0) is 19.0 Å². The van der Waals surface area contributed by atoms with E-state index in [1.165, 1.54) is 24.0 Å². The van der Waals surface area contributed by atoms with Gasteiger partial charge >= 0.3 is 6.18 Å². The van der Waals surface area contributed by atoms with Gasteiger partial charge in [-0.2, -0.15) is 18.2 Å². The van der Waals surface area contributed by atoms with E-state index in [2.05, 4.69) is 32.7 Å². The van der Waals surface area contributed by atoms with Crippen LogP contribution in [0.15, 0.2) is 24.4 Å². The number of rotatable bonds is 4. The fraction of sp³-hybridized carbons (Fsp3) is 0.474. The van der Waals surface area contributed by atoms with Crippen LogP contribution >= 0.6 is 0 Å². The van der Waals surface area contributed by atoms with Crippen molar-refractivity contribution in [2.45, 2.75) is 57.2 Å². The molecule has 0 spiro atoms. The van der Waals surface area contributed by atoms with Gasteiger partial charge in [0, 0.05) is 17.9 Å². The van der Waals surface area contributed by atoms with Crippen LogP contribution in [0.4, 0.5) is 30.6 Å². The zero-order valence-corrected chi connectivity index (χ0v) is 14.4. The van der Waals surface area contributed by atoms with Gasteiger partial charge in [-0.25, -0.2) is 4.98 Å². The zero-order chi connectivity index (χ0) is 18.1. The molecule has 26 heavy (non-hydrogen) atoms. The fourth-order valence-electron chi connectivity index (χ4n) is 3.45. The number of hydrogen-bond acceptors (Lipinski definition) is 4. The average molecular weight is 362 g/mol. The van der Waals surface area contributed by atoms with E-state index in [-0.39, 0.29) is 17.8 Å². The van der Waals surface area contributed by atoms with Crippen molar-refractivity contribution in [3.63, 3.8) is 0 Å². The summed E-state index contributed by atoms with van der Waals surface area (Å²) in [7, 11) is 0. The van der Waals surface area contributed by atoms with Crippen LogP contribution in [0, 0.1) is 0 Å². The molecule has 0 amide bonds. The van der Waals surface area contributed by atoms with Gasteiger partial charge in [-0.1, -0.05) is 6.07 Å². The Morgan fingerprint density at radius 2 is 1.77 bits per heavy atom. The number of nitrogens with zero attached hydrogens (tertiary/aromatic N) is 2. The predicted octanol–water partition coefficient (Wildman–Crippen LogP) is 5.08. The van der Waals surface area contributed by atoms with E-state index in [0.717, 1.165) is 44.0 Å². The monoisotopic (exact) mass is 362 g/mol. The van der Waals surface area contributed by atoms with Crippen molar-refractivity contribution in [1.82, 2.24) is 9.97 Å².